The fourth-order valence-electron chi connectivity index (χ4n) is 5.55. The van der Waals surface area contributed by atoms with Gasteiger partial charge in [-0.3, -0.25) is 9.89 Å². The van der Waals surface area contributed by atoms with Crippen molar-refractivity contribution in [2.75, 3.05) is 46.9 Å². The van der Waals surface area contributed by atoms with Gasteiger partial charge in [-0.05, 0) is 74.2 Å². The monoisotopic (exact) mass is 526 g/mol. The molecule has 1 spiro atoms. The maximum atomic E-state index is 5.26. The summed E-state index contributed by atoms with van der Waals surface area (Å²) in [4.78, 5) is 9.70. The average Bonchev–Trinajstić information content (AvgIpc) is 3.40. The van der Waals surface area contributed by atoms with Crippen molar-refractivity contribution >= 4 is 29.9 Å². The number of rotatable bonds is 5. The highest BCUT2D eigenvalue weighted by molar-refractivity contribution is 14.0. The third-order valence-corrected chi connectivity index (χ3v) is 7.44. The molecule has 1 aliphatic carbocycles. The molecular formula is C24H39IN4O. The molecule has 0 bridgehead atoms. The molecule has 1 aromatic carbocycles. The average molecular weight is 527 g/mol. The maximum absolute atomic E-state index is 5.26. The van der Waals surface area contributed by atoms with Crippen LogP contribution in [-0.2, 0) is 6.54 Å². The zero-order chi connectivity index (χ0) is 20.1. The van der Waals surface area contributed by atoms with Gasteiger partial charge >= 0.3 is 0 Å². The first-order valence-corrected chi connectivity index (χ1v) is 11.5. The van der Waals surface area contributed by atoms with Crippen molar-refractivity contribution in [2.45, 2.75) is 51.5 Å². The molecule has 2 saturated heterocycles. The van der Waals surface area contributed by atoms with Crippen LogP contribution >= 0.6 is 24.0 Å². The van der Waals surface area contributed by atoms with E-state index in [4.69, 9.17) is 4.74 Å². The molecular weight excluding hydrogens is 487 g/mol. The first-order chi connectivity index (χ1) is 14.2. The van der Waals surface area contributed by atoms with Gasteiger partial charge in [0.25, 0.3) is 0 Å². The van der Waals surface area contributed by atoms with E-state index in [2.05, 4.69) is 44.4 Å². The molecule has 0 radical (unpaired) electrons. The van der Waals surface area contributed by atoms with E-state index < -0.39 is 0 Å². The van der Waals surface area contributed by atoms with Gasteiger partial charge in [-0.2, -0.15) is 0 Å². The molecule has 3 aliphatic rings. The number of guanidine groups is 1. The normalized spacial score (nSPS) is 22.3. The summed E-state index contributed by atoms with van der Waals surface area (Å²) in [6.45, 7) is 6.87. The molecule has 0 aromatic heterocycles. The van der Waals surface area contributed by atoms with Gasteiger partial charge in [0.1, 0.15) is 5.75 Å². The van der Waals surface area contributed by atoms with Crippen LogP contribution in [0.25, 0.3) is 0 Å². The van der Waals surface area contributed by atoms with Crippen LogP contribution in [0.5, 0.6) is 5.75 Å². The summed E-state index contributed by atoms with van der Waals surface area (Å²) < 4.78 is 5.26. The molecule has 0 atom stereocenters. The number of methoxy groups -OCH3 is 1. The van der Waals surface area contributed by atoms with Crippen molar-refractivity contribution in [3.05, 3.63) is 29.8 Å². The molecule has 4 rings (SSSR count). The third kappa shape index (κ3) is 5.81. The number of piperidine rings is 1. The van der Waals surface area contributed by atoms with Crippen LogP contribution in [0.2, 0.25) is 0 Å². The molecule has 2 heterocycles. The van der Waals surface area contributed by atoms with Crippen LogP contribution in [-0.4, -0.2) is 62.6 Å². The Balaban J connectivity index is 0.00000256. The molecule has 2 aliphatic heterocycles. The van der Waals surface area contributed by atoms with Crippen molar-refractivity contribution in [3.63, 3.8) is 0 Å². The summed E-state index contributed by atoms with van der Waals surface area (Å²) in [6, 6.07) is 8.49. The topological polar surface area (TPSA) is 40.1 Å². The van der Waals surface area contributed by atoms with E-state index in [1.165, 1.54) is 76.7 Å². The number of ether oxygens (including phenoxy) is 1. The molecule has 168 valence electrons. The smallest absolute Gasteiger partial charge is 0.193 e. The van der Waals surface area contributed by atoms with Crippen LogP contribution in [0.1, 0.15) is 50.5 Å². The van der Waals surface area contributed by atoms with Gasteiger partial charge in [-0.25, -0.2) is 0 Å². The zero-order valence-corrected chi connectivity index (χ0v) is 21.1. The summed E-state index contributed by atoms with van der Waals surface area (Å²) >= 11 is 0. The molecule has 1 N–H and O–H groups in total. The Bertz CT molecular complexity index is 679. The number of aliphatic imine (C=N–C) groups is 1. The van der Waals surface area contributed by atoms with E-state index in [0.717, 1.165) is 30.7 Å². The minimum Gasteiger partial charge on any atom is -0.497 e. The first-order valence-electron chi connectivity index (χ1n) is 11.5. The highest BCUT2D eigenvalue weighted by Crippen LogP contribution is 2.45. The Morgan fingerprint density at radius 3 is 2.43 bits per heavy atom. The van der Waals surface area contributed by atoms with Gasteiger partial charge < -0.3 is 15.0 Å². The minimum absolute atomic E-state index is 0. The lowest BCUT2D eigenvalue weighted by Gasteiger charge is -2.33. The quantitative estimate of drug-likeness (QED) is 0.352. The summed E-state index contributed by atoms with van der Waals surface area (Å²) in [5.74, 6) is 2.82. The standard InChI is InChI=1S/C24H38N4O.HI/c1-25-23(28-16-13-24(19-28)11-3-4-12-24)26-17-20-9-14-27(15-10-20)18-21-5-7-22(29-2)8-6-21;/h5-8,20H,3-4,9-19H2,1-2H3,(H,25,26);1H. The lowest BCUT2D eigenvalue weighted by molar-refractivity contribution is 0.177. The highest BCUT2D eigenvalue weighted by atomic mass is 127. The first kappa shape index (κ1) is 23.6. The Kier molecular flexibility index (Phi) is 8.69. The third-order valence-electron chi connectivity index (χ3n) is 7.44. The lowest BCUT2D eigenvalue weighted by Crippen LogP contribution is -2.44. The summed E-state index contributed by atoms with van der Waals surface area (Å²) in [7, 11) is 3.67. The summed E-state index contributed by atoms with van der Waals surface area (Å²) in [6.07, 6.45) is 9.59. The summed E-state index contributed by atoms with van der Waals surface area (Å²) in [5.41, 5.74) is 1.97. The van der Waals surface area contributed by atoms with Gasteiger partial charge in [-0.15, -0.1) is 24.0 Å². The fraction of sp³-hybridized carbons (Fsp3) is 0.708. The summed E-state index contributed by atoms with van der Waals surface area (Å²) in [5, 5.41) is 3.71. The predicted molar refractivity (Wildman–Crippen MR) is 135 cm³/mol. The SMILES string of the molecule is CN=C(NCC1CCN(Cc2ccc(OC)cc2)CC1)N1CCC2(CCCC2)C1.I. The van der Waals surface area contributed by atoms with E-state index in [0.29, 0.717) is 5.41 Å². The number of halogens is 1. The molecule has 6 heteroatoms. The molecule has 1 aromatic rings. The number of nitrogens with zero attached hydrogens (tertiary/aromatic N) is 3. The van der Waals surface area contributed by atoms with Crippen molar-refractivity contribution in [2.24, 2.45) is 16.3 Å². The number of hydrogen-bond acceptors (Lipinski definition) is 3. The number of nitrogens with one attached hydrogen (secondary N) is 1. The molecule has 1 saturated carbocycles. The molecule has 5 nitrogen and oxygen atoms in total. The molecule has 0 unspecified atom stereocenters. The second-order valence-electron chi connectivity index (χ2n) is 9.37. The van der Waals surface area contributed by atoms with Gasteiger partial charge in [0.15, 0.2) is 5.96 Å². The highest BCUT2D eigenvalue weighted by Gasteiger charge is 2.41. The van der Waals surface area contributed by atoms with Crippen molar-refractivity contribution in [1.29, 1.82) is 0 Å². The van der Waals surface area contributed by atoms with E-state index in [1.54, 1.807) is 7.11 Å². The van der Waals surface area contributed by atoms with Crippen molar-refractivity contribution < 1.29 is 4.74 Å². The Morgan fingerprint density at radius 2 is 1.80 bits per heavy atom. The van der Waals surface area contributed by atoms with Gasteiger partial charge in [0.2, 0.25) is 0 Å². The van der Waals surface area contributed by atoms with Gasteiger partial charge in [0, 0.05) is 33.2 Å². The van der Waals surface area contributed by atoms with E-state index in [9.17, 15) is 0 Å². The maximum Gasteiger partial charge on any atom is 0.193 e. The van der Waals surface area contributed by atoms with E-state index >= 15 is 0 Å². The van der Waals surface area contributed by atoms with Crippen LogP contribution in [0, 0.1) is 11.3 Å². The zero-order valence-electron chi connectivity index (χ0n) is 18.7. The Hall–Kier alpha value is -1.02. The minimum atomic E-state index is 0. The molecule has 0 amide bonds. The largest absolute Gasteiger partial charge is 0.497 e. The van der Waals surface area contributed by atoms with Crippen molar-refractivity contribution in [3.8, 4) is 5.75 Å². The fourth-order valence-corrected chi connectivity index (χ4v) is 5.55. The lowest BCUT2D eigenvalue weighted by atomic mass is 9.86. The number of likely N-dealkylation sites (tertiary alicyclic amines) is 2. The predicted octanol–water partition coefficient (Wildman–Crippen LogP) is 4.37. The van der Waals surface area contributed by atoms with Crippen LogP contribution in [0.4, 0.5) is 0 Å². The Labute approximate surface area is 199 Å². The van der Waals surface area contributed by atoms with Crippen molar-refractivity contribution in [1.82, 2.24) is 15.1 Å². The van der Waals surface area contributed by atoms with E-state index in [-0.39, 0.29) is 24.0 Å². The second-order valence-corrected chi connectivity index (χ2v) is 9.37. The van der Waals surface area contributed by atoms with E-state index in [1.807, 2.05) is 7.05 Å². The van der Waals surface area contributed by atoms with Gasteiger partial charge in [0.05, 0.1) is 7.11 Å². The van der Waals surface area contributed by atoms with Crippen LogP contribution < -0.4 is 10.1 Å². The number of benzene rings is 1. The molecule has 3 fully saturated rings. The van der Waals surface area contributed by atoms with Gasteiger partial charge in [-0.1, -0.05) is 25.0 Å². The molecule has 30 heavy (non-hydrogen) atoms. The Morgan fingerprint density at radius 1 is 1.10 bits per heavy atom. The van der Waals surface area contributed by atoms with Crippen LogP contribution in [0.15, 0.2) is 29.3 Å². The van der Waals surface area contributed by atoms with Crippen LogP contribution in [0.3, 0.4) is 0 Å². The second kappa shape index (κ2) is 11.0. The number of hydrogen-bond donors (Lipinski definition) is 1.